The zero-order valence-electron chi connectivity index (χ0n) is 9.93. The minimum Gasteiger partial charge on any atom is -0.354 e. The third kappa shape index (κ3) is 3.04. The van der Waals surface area contributed by atoms with Crippen LogP contribution in [0.5, 0.6) is 0 Å². The maximum Gasteiger partial charge on any atom is 0.226 e. The monoisotopic (exact) mass is 252 g/mol. The molecule has 0 radical (unpaired) electrons. The highest BCUT2D eigenvalue weighted by Crippen LogP contribution is 2.11. The zero-order valence-corrected chi connectivity index (χ0v) is 10.8. The minimum absolute atomic E-state index is 0.0119. The van der Waals surface area contributed by atoms with Crippen LogP contribution in [0.4, 0.5) is 0 Å². The SMILES string of the molecule is CNC(C)CNC(=O)Cc1cn2ccsc2n1. The molecule has 0 fully saturated rings. The van der Waals surface area contributed by atoms with E-state index in [9.17, 15) is 4.79 Å². The van der Waals surface area contributed by atoms with Crippen LogP contribution in [-0.4, -0.2) is 34.9 Å². The second kappa shape index (κ2) is 5.29. The van der Waals surface area contributed by atoms with E-state index in [-0.39, 0.29) is 11.9 Å². The second-order valence-corrected chi connectivity index (χ2v) is 4.87. The molecule has 2 aromatic heterocycles. The number of amides is 1. The molecule has 17 heavy (non-hydrogen) atoms. The van der Waals surface area contributed by atoms with Crippen LogP contribution in [0, 0.1) is 0 Å². The zero-order chi connectivity index (χ0) is 12.3. The topological polar surface area (TPSA) is 58.4 Å². The van der Waals surface area contributed by atoms with Gasteiger partial charge in [-0.1, -0.05) is 0 Å². The lowest BCUT2D eigenvalue weighted by atomic mass is 10.3. The number of nitrogens with zero attached hydrogens (tertiary/aromatic N) is 2. The Balaban J connectivity index is 1.88. The summed E-state index contributed by atoms with van der Waals surface area (Å²) in [5.74, 6) is 0.0119. The largest absolute Gasteiger partial charge is 0.354 e. The molecule has 0 aliphatic heterocycles. The van der Waals surface area contributed by atoms with E-state index in [1.807, 2.05) is 36.1 Å². The van der Waals surface area contributed by atoms with Crippen molar-refractivity contribution in [1.82, 2.24) is 20.0 Å². The van der Waals surface area contributed by atoms with E-state index in [1.165, 1.54) is 0 Å². The summed E-state index contributed by atoms with van der Waals surface area (Å²) in [5.41, 5.74) is 0.812. The number of nitrogens with one attached hydrogen (secondary N) is 2. The molecule has 0 aromatic carbocycles. The third-order valence-electron chi connectivity index (χ3n) is 2.58. The molecule has 2 aromatic rings. The number of carbonyl (C=O) groups is 1. The van der Waals surface area contributed by atoms with Crippen LogP contribution < -0.4 is 10.6 Å². The summed E-state index contributed by atoms with van der Waals surface area (Å²) < 4.78 is 1.93. The first kappa shape index (κ1) is 12.1. The number of imidazole rings is 1. The van der Waals surface area contributed by atoms with Crippen LogP contribution in [0.25, 0.3) is 4.96 Å². The van der Waals surface area contributed by atoms with E-state index in [1.54, 1.807) is 11.3 Å². The molecule has 92 valence electrons. The van der Waals surface area contributed by atoms with E-state index < -0.39 is 0 Å². The van der Waals surface area contributed by atoms with E-state index in [2.05, 4.69) is 15.6 Å². The molecule has 6 heteroatoms. The normalized spacial score (nSPS) is 12.8. The first-order chi connectivity index (χ1) is 8.19. The van der Waals surface area contributed by atoms with Crippen molar-refractivity contribution in [3.05, 3.63) is 23.5 Å². The molecule has 1 unspecified atom stereocenters. The van der Waals surface area contributed by atoms with Gasteiger partial charge in [0.15, 0.2) is 4.96 Å². The summed E-state index contributed by atoms with van der Waals surface area (Å²) in [6, 6.07) is 0.282. The summed E-state index contributed by atoms with van der Waals surface area (Å²) >= 11 is 1.57. The Kier molecular flexibility index (Phi) is 3.75. The number of thiazole rings is 1. The van der Waals surface area contributed by atoms with Gasteiger partial charge >= 0.3 is 0 Å². The average Bonchev–Trinajstić information content (AvgIpc) is 2.86. The molecule has 0 saturated carbocycles. The van der Waals surface area contributed by atoms with Crippen molar-refractivity contribution >= 4 is 22.2 Å². The predicted molar refractivity (Wildman–Crippen MR) is 68.3 cm³/mol. The Morgan fingerprint density at radius 2 is 2.47 bits per heavy atom. The van der Waals surface area contributed by atoms with Crippen molar-refractivity contribution in [2.75, 3.05) is 13.6 Å². The Morgan fingerprint density at radius 3 is 3.18 bits per heavy atom. The van der Waals surface area contributed by atoms with Gasteiger partial charge in [-0.05, 0) is 14.0 Å². The number of carbonyl (C=O) groups excluding carboxylic acids is 1. The molecule has 0 saturated heterocycles. The maximum atomic E-state index is 11.6. The van der Waals surface area contributed by atoms with Gasteiger partial charge in [0.2, 0.25) is 5.91 Å². The first-order valence-electron chi connectivity index (χ1n) is 5.54. The van der Waals surface area contributed by atoms with Gasteiger partial charge in [0.25, 0.3) is 0 Å². The van der Waals surface area contributed by atoms with Gasteiger partial charge in [-0.2, -0.15) is 0 Å². The van der Waals surface area contributed by atoms with Crippen molar-refractivity contribution in [2.24, 2.45) is 0 Å². The molecule has 5 nitrogen and oxygen atoms in total. The van der Waals surface area contributed by atoms with Gasteiger partial charge in [-0.15, -0.1) is 11.3 Å². The smallest absolute Gasteiger partial charge is 0.226 e. The summed E-state index contributed by atoms with van der Waals surface area (Å²) in [4.78, 5) is 16.9. The minimum atomic E-state index is 0.0119. The molecule has 1 atom stereocenters. The maximum absolute atomic E-state index is 11.6. The quantitative estimate of drug-likeness (QED) is 0.822. The van der Waals surface area contributed by atoms with Crippen molar-refractivity contribution in [1.29, 1.82) is 0 Å². The number of hydrogen-bond donors (Lipinski definition) is 2. The van der Waals surface area contributed by atoms with Crippen molar-refractivity contribution < 1.29 is 4.79 Å². The van der Waals surface area contributed by atoms with Crippen LogP contribution >= 0.6 is 11.3 Å². The molecule has 2 heterocycles. The lowest BCUT2D eigenvalue weighted by Gasteiger charge is -2.10. The number of fused-ring (bicyclic) bond motifs is 1. The highest BCUT2D eigenvalue weighted by molar-refractivity contribution is 7.15. The number of rotatable bonds is 5. The Labute approximate surface area is 104 Å². The lowest BCUT2D eigenvalue weighted by molar-refractivity contribution is -0.120. The van der Waals surface area contributed by atoms with Gasteiger partial charge < -0.3 is 10.6 Å². The summed E-state index contributed by atoms with van der Waals surface area (Å²) in [6.07, 6.45) is 4.18. The van der Waals surface area contributed by atoms with Gasteiger partial charge in [-0.3, -0.25) is 9.20 Å². The highest BCUT2D eigenvalue weighted by Gasteiger charge is 2.08. The Morgan fingerprint density at radius 1 is 1.65 bits per heavy atom. The summed E-state index contributed by atoms with van der Waals surface area (Å²) in [5, 5.41) is 7.91. The molecule has 0 aliphatic rings. The molecule has 0 aliphatic carbocycles. The van der Waals surface area contributed by atoms with Gasteiger partial charge in [-0.25, -0.2) is 4.98 Å². The lowest BCUT2D eigenvalue weighted by Crippen LogP contribution is -2.37. The third-order valence-corrected chi connectivity index (χ3v) is 3.35. The molecule has 2 rings (SSSR count). The fourth-order valence-electron chi connectivity index (χ4n) is 1.46. The fourth-order valence-corrected chi connectivity index (χ4v) is 2.18. The van der Waals surface area contributed by atoms with Gasteiger partial charge in [0, 0.05) is 30.4 Å². The van der Waals surface area contributed by atoms with Crippen LogP contribution in [0.1, 0.15) is 12.6 Å². The van der Waals surface area contributed by atoms with Crippen molar-refractivity contribution in [3.8, 4) is 0 Å². The Hall–Kier alpha value is -1.40. The molecule has 1 amide bonds. The van der Waals surface area contributed by atoms with E-state index in [0.29, 0.717) is 13.0 Å². The van der Waals surface area contributed by atoms with E-state index >= 15 is 0 Å². The number of likely N-dealkylation sites (N-methyl/N-ethyl adjacent to an activating group) is 1. The second-order valence-electron chi connectivity index (χ2n) is 4.00. The summed E-state index contributed by atoms with van der Waals surface area (Å²) in [6.45, 7) is 2.66. The van der Waals surface area contributed by atoms with Gasteiger partial charge in [0.05, 0.1) is 12.1 Å². The summed E-state index contributed by atoms with van der Waals surface area (Å²) in [7, 11) is 1.88. The van der Waals surface area contributed by atoms with Crippen molar-refractivity contribution in [2.45, 2.75) is 19.4 Å². The fraction of sp³-hybridized carbons (Fsp3) is 0.455. The standard InChI is InChI=1S/C11H16N4OS/c1-8(12-2)6-13-10(16)5-9-7-15-3-4-17-11(15)14-9/h3-4,7-8,12H,5-6H2,1-2H3,(H,13,16). The average molecular weight is 252 g/mol. The predicted octanol–water partition coefficient (Wildman–Crippen LogP) is 0.662. The molecular weight excluding hydrogens is 236 g/mol. The first-order valence-corrected chi connectivity index (χ1v) is 6.42. The number of aromatic nitrogens is 2. The molecule has 0 bridgehead atoms. The molecular formula is C11H16N4OS. The van der Waals surface area contributed by atoms with Crippen LogP contribution in [0.3, 0.4) is 0 Å². The van der Waals surface area contributed by atoms with E-state index in [0.717, 1.165) is 10.7 Å². The molecule has 2 N–H and O–H groups in total. The highest BCUT2D eigenvalue weighted by atomic mass is 32.1. The van der Waals surface area contributed by atoms with Crippen LogP contribution in [-0.2, 0) is 11.2 Å². The van der Waals surface area contributed by atoms with Crippen LogP contribution in [0.2, 0.25) is 0 Å². The van der Waals surface area contributed by atoms with Crippen molar-refractivity contribution in [3.63, 3.8) is 0 Å². The Bertz CT molecular complexity index is 476. The number of hydrogen-bond acceptors (Lipinski definition) is 4. The van der Waals surface area contributed by atoms with Gasteiger partial charge in [0.1, 0.15) is 0 Å². The van der Waals surface area contributed by atoms with E-state index in [4.69, 9.17) is 0 Å². The molecule has 0 spiro atoms. The van der Waals surface area contributed by atoms with Crippen LogP contribution in [0.15, 0.2) is 17.8 Å².